The van der Waals surface area contributed by atoms with E-state index >= 15 is 0 Å². The first-order valence-corrected chi connectivity index (χ1v) is 9.79. The molecular weight excluding hydrogens is 378 g/mol. The fraction of sp³-hybridized carbons (Fsp3) is 0.261. The third-order valence-electron chi connectivity index (χ3n) is 5.30. The van der Waals surface area contributed by atoms with Crippen LogP contribution in [-0.4, -0.2) is 23.1 Å². The number of hydrogen-bond acceptors (Lipinski definition) is 6. The van der Waals surface area contributed by atoms with Gasteiger partial charge < -0.3 is 20.2 Å². The van der Waals surface area contributed by atoms with Crippen LogP contribution >= 0.6 is 0 Å². The number of nitrogens with zero attached hydrogens (tertiary/aromatic N) is 3. The molecule has 152 valence electrons. The van der Waals surface area contributed by atoms with Crippen LogP contribution in [0.2, 0.25) is 0 Å². The second kappa shape index (κ2) is 8.29. The number of aromatic nitrogens is 2. The second-order valence-electron chi connectivity index (χ2n) is 7.25. The molecule has 0 spiro atoms. The molecule has 1 heterocycles. The molecule has 7 heteroatoms. The van der Waals surface area contributed by atoms with Gasteiger partial charge in [0.2, 0.25) is 0 Å². The number of nitriles is 1. The van der Waals surface area contributed by atoms with E-state index in [-0.39, 0.29) is 6.10 Å². The van der Waals surface area contributed by atoms with Gasteiger partial charge in [0.15, 0.2) is 0 Å². The topological polar surface area (TPSA) is 95.9 Å². The van der Waals surface area contributed by atoms with Gasteiger partial charge in [-0.15, -0.1) is 0 Å². The summed E-state index contributed by atoms with van der Waals surface area (Å²) in [5.74, 6) is 1.37. The van der Waals surface area contributed by atoms with E-state index in [9.17, 15) is 5.26 Å². The first kappa shape index (κ1) is 19.5. The maximum Gasteiger partial charge on any atom is 0.140 e. The van der Waals surface area contributed by atoms with Crippen molar-refractivity contribution in [3.8, 4) is 17.6 Å². The summed E-state index contributed by atoms with van der Waals surface area (Å²) in [6.07, 6.45) is 7.52. The largest absolute Gasteiger partial charge is 0.495 e. The summed E-state index contributed by atoms with van der Waals surface area (Å²) in [5.41, 5.74) is 5.05. The van der Waals surface area contributed by atoms with E-state index in [0.717, 1.165) is 47.3 Å². The Balaban J connectivity index is 1.63. The predicted molar refractivity (Wildman–Crippen MR) is 115 cm³/mol. The molecule has 2 N–H and O–H groups in total. The normalized spacial score (nSPS) is 15.0. The quantitative estimate of drug-likeness (QED) is 0.593. The van der Waals surface area contributed by atoms with Crippen LogP contribution in [0.3, 0.4) is 0 Å². The van der Waals surface area contributed by atoms with Crippen LogP contribution in [0.25, 0.3) is 0 Å². The predicted octanol–water partition coefficient (Wildman–Crippen LogP) is 4.50. The van der Waals surface area contributed by atoms with E-state index < -0.39 is 0 Å². The van der Waals surface area contributed by atoms with Crippen molar-refractivity contribution in [2.24, 2.45) is 7.05 Å². The van der Waals surface area contributed by atoms with Gasteiger partial charge in [-0.05, 0) is 43.0 Å². The van der Waals surface area contributed by atoms with Gasteiger partial charge in [0.1, 0.15) is 23.7 Å². The van der Waals surface area contributed by atoms with Crippen molar-refractivity contribution in [2.45, 2.75) is 25.4 Å². The maximum absolute atomic E-state index is 9.36. The van der Waals surface area contributed by atoms with Crippen LogP contribution in [0.1, 0.15) is 41.2 Å². The molecule has 1 aromatic heterocycles. The van der Waals surface area contributed by atoms with Gasteiger partial charge in [0.05, 0.1) is 30.2 Å². The number of nitrogens with one attached hydrogen (secondary N) is 2. The first-order chi connectivity index (χ1) is 14.6. The SMILES string of the molecule is COc1c(C#N)ccc2c1CCC[C@@H]2Oc1ccc(C=N)c(Nc2cnn(C)c2)c1. The lowest BCUT2D eigenvalue weighted by molar-refractivity contribution is 0.182. The molecular formula is C23H23N5O2. The highest BCUT2D eigenvalue weighted by atomic mass is 16.5. The zero-order valence-electron chi connectivity index (χ0n) is 17.0. The van der Waals surface area contributed by atoms with Crippen molar-refractivity contribution in [3.05, 3.63) is 65.0 Å². The Bertz CT molecular complexity index is 1130. The molecule has 1 aliphatic carbocycles. The number of aryl methyl sites for hydroxylation is 1. The smallest absolute Gasteiger partial charge is 0.140 e. The van der Waals surface area contributed by atoms with Crippen LogP contribution in [-0.2, 0) is 13.5 Å². The molecule has 30 heavy (non-hydrogen) atoms. The standard InChI is InChI=1S/C23H23N5O2/c1-28-14-17(13-26-28)27-21-10-18(8-6-15(21)11-24)30-22-5-3-4-20-19(22)9-7-16(12-25)23(20)29-2/h6-11,13-14,22,24,27H,3-5H2,1-2H3/t22-/m0/s1. The lowest BCUT2D eigenvalue weighted by atomic mass is 9.87. The molecule has 0 saturated heterocycles. The average Bonchev–Trinajstić information content (AvgIpc) is 3.17. The maximum atomic E-state index is 9.36. The van der Waals surface area contributed by atoms with Gasteiger partial charge in [-0.25, -0.2) is 0 Å². The fourth-order valence-corrected chi connectivity index (χ4v) is 3.91. The first-order valence-electron chi connectivity index (χ1n) is 9.79. The Morgan fingerprint density at radius 1 is 1.33 bits per heavy atom. The molecule has 4 rings (SSSR count). The minimum Gasteiger partial charge on any atom is -0.495 e. The Morgan fingerprint density at radius 2 is 2.20 bits per heavy atom. The zero-order chi connectivity index (χ0) is 21.1. The lowest BCUT2D eigenvalue weighted by Crippen LogP contribution is -2.16. The van der Waals surface area contributed by atoms with Crippen molar-refractivity contribution < 1.29 is 9.47 Å². The third kappa shape index (κ3) is 3.72. The highest BCUT2D eigenvalue weighted by Gasteiger charge is 2.26. The molecule has 7 nitrogen and oxygen atoms in total. The minimum atomic E-state index is -0.118. The molecule has 0 saturated carbocycles. The van der Waals surface area contributed by atoms with Crippen LogP contribution < -0.4 is 14.8 Å². The summed E-state index contributed by atoms with van der Waals surface area (Å²) < 4.78 is 13.6. The van der Waals surface area contributed by atoms with Gasteiger partial charge in [-0.2, -0.15) is 10.4 Å². The van der Waals surface area contributed by atoms with E-state index in [4.69, 9.17) is 14.9 Å². The average molecular weight is 401 g/mol. The zero-order valence-corrected chi connectivity index (χ0v) is 17.0. The highest BCUT2D eigenvalue weighted by molar-refractivity contribution is 5.87. The van der Waals surface area contributed by atoms with Crippen molar-refractivity contribution in [1.82, 2.24) is 9.78 Å². The molecule has 0 aliphatic heterocycles. The number of anilines is 2. The molecule has 0 bridgehead atoms. The summed E-state index contributed by atoms with van der Waals surface area (Å²) in [7, 11) is 3.46. The van der Waals surface area contributed by atoms with Gasteiger partial charge in [0, 0.05) is 36.7 Å². The Labute approximate surface area is 175 Å². The number of fused-ring (bicyclic) bond motifs is 1. The van der Waals surface area contributed by atoms with Crippen LogP contribution in [0.5, 0.6) is 11.5 Å². The highest BCUT2D eigenvalue weighted by Crippen LogP contribution is 2.40. The molecule has 1 aliphatic rings. The van der Waals surface area contributed by atoms with Crippen LogP contribution in [0, 0.1) is 16.7 Å². The van der Waals surface area contributed by atoms with Crippen molar-refractivity contribution in [2.75, 3.05) is 12.4 Å². The van der Waals surface area contributed by atoms with Crippen molar-refractivity contribution in [1.29, 1.82) is 10.7 Å². The van der Waals surface area contributed by atoms with Gasteiger partial charge in [-0.1, -0.05) is 6.07 Å². The molecule has 0 amide bonds. The van der Waals surface area contributed by atoms with Gasteiger partial charge >= 0.3 is 0 Å². The summed E-state index contributed by atoms with van der Waals surface area (Å²) >= 11 is 0. The van der Waals surface area contributed by atoms with E-state index in [1.807, 2.05) is 37.5 Å². The molecule has 3 aromatic rings. The fourth-order valence-electron chi connectivity index (χ4n) is 3.91. The number of methoxy groups -OCH3 is 1. The number of ether oxygens (including phenoxy) is 2. The third-order valence-corrected chi connectivity index (χ3v) is 5.30. The van der Waals surface area contributed by atoms with Gasteiger partial charge in [0.25, 0.3) is 0 Å². The van der Waals surface area contributed by atoms with E-state index in [1.54, 1.807) is 24.1 Å². The number of hydrogen-bond donors (Lipinski definition) is 2. The summed E-state index contributed by atoms with van der Waals surface area (Å²) in [6, 6.07) is 11.6. The Morgan fingerprint density at radius 3 is 2.90 bits per heavy atom. The van der Waals surface area contributed by atoms with Gasteiger partial charge in [-0.3, -0.25) is 4.68 Å². The van der Waals surface area contributed by atoms with Crippen molar-refractivity contribution in [3.63, 3.8) is 0 Å². The molecule has 2 aromatic carbocycles. The minimum absolute atomic E-state index is 0.118. The van der Waals surface area contributed by atoms with E-state index in [1.165, 1.54) is 6.21 Å². The summed E-state index contributed by atoms with van der Waals surface area (Å²) in [6.45, 7) is 0. The second-order valence-corrected chi connectivity index (χ2v) is 7.25. The molecule has 0 radical (unpaired) electrons. The number of rotatable bonds is 6. The van der Waals surface area contributed by atoms with Crippen LogP contribution in [0.15, 0.2) is 42.7 Å². The molecule has 0 unspecified atom stereocenters. The van der Waals surface area contributed by atoms with E-state index in [0.29, 0.717) is 17.1 Å². The Kier molecular flexibility index (Phi) is 5.40. The van der Waals surface area contributed by atoms with E-state index in [2.05, 4.69) is 16.5 Å². The van der Waals surface area contributed by atoms with Crippen LogP contribution in [0.4, 0.5) is 11.4 Å². The Hall–Kier alpha value is -3.79. The monoisotopic (exact) mass is 401 g/mol. The lowest BCUT2D eigenvalue weighted by Gasteiger charge is -2.28. The molecule has 0 fully saturated rings. The van der Waals surface area contributed by atoms with Crippen molar-refractivity contribution >= 4 is 17.6 Å². The summed E-state index contributed by atoms with van der Waals surface area (Å²) in [5, 5.41) is 24.5. The molecule has 1 atom stereocenters. The number of benzene rings is 2. The summed E-state index contributed by atoms with van der Waals surface area (Å²) in [4.78, 5) is 0.